The zero-order chi connectivity index (χ0) is 22.7. The Balaban J connectivity index is 1.43. The summed E-state index contributed by atoms with van der Waals surface area (Å²) in [4.78, 5) is 29.8. The molecule has 1 fully saturated rings. The average Bonchev–Trinajstić information content (AvgIpc) is 2.86. The van der Waals surface area contributed by atoms with Crippen LogP contribution in [0.5, 0.6) is 11.5 Å². The van der Waals surface area contributed by atoms with Gasteiger partial charge in [-0.05, 0) is 41.8 Å². The minimum Gasteiger partial charge on any atom is -0.493 e. The van der Waals surface area contributed by atoms with Gasteiger partial charge in [-0.2, -0.15) is 0 Å². The van der Waals surface area contributed by atoms with Crippen molar-refractivity contribution in [2.75, 3.05) is 39.3 Å². The molecule has 4 rings (SSSR count). The predicted molar refractivity (Wildman–Crippen MR) is 126 cm³/mol. The molecule has 0 N–H and O–H groups in total. The van der Waals surface area contributed by atoms with Crippen molar-refractivity contribution in [1.29, 1.82) is 0 Å². The fourth-order valence-electron chi connectivity index (χ4n) is 4.35. The first-order chi connectivity index (χ1) is 15.5. The number of nitrogens with zero attached hydrogens (tertiary/aromatic N) is 2. The molecular formula is C26H28N2O4. The molecule has 0 radical (unpaired) electrons. The van der Waals surface area contributed by atoms with Gasteiger partial charge in [0, 0.05) is 43.4 Å². The number of ether oxygens (including phenoxy) is 2. The minimum atomic E-state index is -0.121. The summed E-state index contributed by atoms with van der Waals surface area (Å²) in [5.74, 6) is 1.16. The highest BCUT2D eigenvalue weighted by Crippen LogP contribution is 2.32. The van der Waals surface area contributed by atoms with Crippen LogP contribution in [0.2, 0.25) is 0 Å². The van der Waals surface area contributed by atoms with Crippen LogP contribution in [0.25, 0.3) is 10.8 Å². The molecule has 1 aliphatic rings. The molecule has 1 aliphatic heterocycles. The van der Waals surface area contributed by atoms with E-state index < -0.39 is 0 Å². The van der Waals surface area contributed by atoms with Crippen molar-refractivity contribution in [3.8, 4) is 11.5 Å². The van der Waals surface area contributed by atoms with Gasteiger partial charge in [0.1, 0.15) is 0 Å². The van der Waals surface area contributed by atoms with Crippen molar-refractivity contribution in [2.45, 2.75) is 12.8 Å². The zero-order valence-corrected chi connectivity index (χ0v) is 18.7. The lowest BCUT2D eigenvalue weighted by molar-refractivity contribution is -0.123. The smallest absolute Gasteiger partial charge is 0.254 e. The summed E-state index contributed by atoms with van der Waals surface area (Å²) in [6, 6.07) is 19.2. The average molecular weight is 433 g/mol. The molecule has 1 heterocycles. The van der Waals surface area contributed by atoms with E-state index in [4.69, 9.17) is 9.47 Å². The van der Waals surface area contributed by atoms with E-state index in [1.807, 2.05) is 53.4 Å². The lowest BCUT2D eigenvalue weighted by Gasteiger charge is -2.33. The first-order valence-electron chi connectivity index (χ1n) is 10.8. The highest BCUT2D eigenvalue weighted by Gasteiger charge is 2.30. The van der Waals surface area contributed by atoms with Crippen molar-refractivity contribution in [2.24, 2.45) is 5.92 Å². The minimum absolute atomic E-state index is 0.0287. The molecule has 0 unspecified atom stereocenters. The number of carbonyl (C=O) groups is 2. The number of amides is 2. The van der Waals surface area contributed by atoms with Crippen LogP contribution in [0, 0.1) is 5.92 Å². The molecule has 166 valence electrons. The van der Waals surface area contributed by atoms with E-state index in [9.17, 15) is 9.59 Å². The van der Waals surface area contributed by atoms with Gasteiger partial charge in [0.25, 0.3) is 5.91 Å². The molecule has 0 aromatic heterocycles. The number of likely N-dealkylation sites (tertiary alicyclic amines) is 1. The lowest BCUT2D eigenvalue weighted by atomic mass is 9.94. The Bertz CT molecular complexity index is 1130. The third-order valence-electron chi connectivity index (χ3n) is 6.24. The van der Waals surface area contributed by atoms with Gasteiger partial charge in [0.05, 0.1) is 14.2 Å². The Hall–Kier alpha value is -3.54. The van der Waals surface area contributed by atoms with E-state index in [-0.39, 0.29) is 17.7 Å². The number of rotatable bonds is 5. The molecule has 1 saturated heterocycles. The summed E-state index contributed by atoms with van der Waals surface area (Å²) in [5, 5.41) is 2.02. The van der Waals surface area contributed by atoms with Crippen molar-refractivity contribution in [1.82, 2.24) is 4.90 Å². The Morgan fingerprint density at radius 2 is 1.59 bits per heavy atom. The standard InChI is InChI=1S/C26H28N2O4/c1-27(20-11-12-23(31-2)24(17-20)32-3)25(29)19-13-15-28(16-14-19)26(30)22-10-6-8-18-7-4-5-9-21(18)22/h4-12,17,19H,13-16H2,1-3H3. The maximum absolute atomic E-state index is 13.2. The van der Waals surface area contributed by atoms with Crippen LogP contribution in [0.15, 0.2) is 60.7 Å². The number of hydrogen-bond donors (Lipinski definition) is 0. The van der Waals surface area contributed by atoms with Gasteiger partial charge in [-0.15, -0.1) is 0 Å². The summed E-state index contributed by atoms with van der Waals surface area (Å²) in [6.45, 7) is 1.14. The van der Waals surface area contributed by atoms with Crippen LogP contribution in [0.4, 0.5) is 5.69 Å². The molecule has 0 atom stereocenters. The fraction of sp³-hybridized carbons (Fsp3) is 0.308. The molecule has 0 spiro atoms. The largest absolute Gasteiger partial charge is 0.493 e. The normalized spacial score (nSPS) is 14.3. The van der Waals surface area contributed by atoms with E-state index in [1.54, 1.807) is 38.3 Å². The first kappa shape index (κ1) is 21.7. The van der Waals surface area contributed by atoms with Crippen LogP contribution in [0.1, 0.15) is 23.2 Å². The monoisotopic (exact) mass is 432 g/mol. The predicted octanol–water partition coefficient (Wildman–Crippen LogP) is 4.37. The molecule has 0 bridgehead atoms. The SMILES string of the molecule is COc1ccc(N(C)C(=O)C2CCN(C(=O)c3cccc4ccccc34)CC2)cc1OC. The molecule has 3 aromatic carbocycles. The molecule has 32 heavy (non-hydrogen) atoms. The Kier molecular flexibility index (Phi) is 6.30. The summed E-state index contributed by atoms with van der Waals surface area (Å²) in [6.07, 6.45) is 1.29. The van der Waals surface area contributed by atoms with E-state index >= 15 is 0 Å². The second-order valence-corrected chi connectivity index (χ2v) is 8.03. The van der Waals surface area contributed by atoms with Crippen LogP contribution >= 0.6 is 0 Å². The topological polar surface area (TPSA) is 59.1 Å². The second kappa shape index (κ2) is 9.30. The van der Waals surface area contributed by atoms with Gasteiger partial charge in [-0.25, -0.2) is 0 Å². The fourth-order valence-corrected chi connectivity index (χ4v) is 4.35. The third-order valence-corrected chi connectivity index (χ3v) is 6.24. The Morgan fingerprint density at radius 3 is 2.31 bits per heavy atom. The van der Waals surface area contributed by atoms with Crippen LogP contribution in [-0.2, 0) is 4.79 Å². The number of piperidine rings is 1. The number of methoxy groups -OCH3 is 2. The van der Waals surface area contributed by atoms with E-state index in [0.29, 0.717) is 37.4 Å². The van der Waals surface area contributed by atoms with Crippen LogP contribution in [-0.4, -0.2) is 51.1 Å². The number of carbonyl (C=O) groups excluding carboxylic acids is 2. The highest BCUT2D eigenvalue weighted by atomic mass is 16.5. The van der Waals surface area contributed by atoms with Gasteiger partial charge >= 0.3 is 0 Å². The quantitative estimate of drug-likeness (QED) is 0.601. The van der Waals surface area contributed by atoms with Gasteiger partial charge in [0.2, 0.25) is 5.91 Å². The second-order valence-electron chi connectivity index (χ2n) is 8.03. The maximum Gasteiger partial charge on any atom is 0.254 e. The van der Waals surface area contributed by atoms with Crippen LogP contribution < -0.4 is 14.4 Å². The number of benzene rings is 3. The molecule has 0 saturated carbocycles. The van der Waals surface area contributed by atoms with E-state index in [1.165, 1.54) is 0 Å². The van der Waals surface area contributed by atoms with E-state index in [2.05, 4.69) is 0 Å². The molecule has 6 nitrogen and oxygen atoms in total. The lowest BCUT2D eigenvalue weighted by Crippen LogP contribution is -2.43. The van der Waals surface area contributed by atoms with Gasteiger partial charge in [-0.1, -0.05) is 36.4 Å². The molecule has 3 aromatic rings. The molecular weight excluding hydrogens is 404 g/mol. The van der Waals surface area contributed by atoms with Crippen molar-refractivity contribution < 1.29 is 19.1 Å². The third kappa shape index (κ3) is 4.13. The van der Waals surface area contributed by atoms with E-state index in [0.717, 1.165) is 22.0 Å². The maximum atomic E-state index is 13.2. The van der Waals surface area contributed by atoms with Crippen LogP contribution in [0.3, 0.4) is 0 Å². The number of anilines is 1. The summed E-state index contributed by atoms with van der Waals surface area (Å²) >= 11 is 0. The summed E-state index contributed by atoms with van der Waals surface area (Å²) < 4.78 is 10.6. The molecule has 0 aliphatic carbocycles. The van der Waals surface area contributed by atoms with Crippen molar-refractivity contribution in [3.63, 3.8) is 0 Å². The van der Waals surface area contributed by atoms with Crippen molar-refractivity contribution >= 4 is 28.3 Å². The Morgan fingerprint density at radius 1 is 0.906 bits per heavy atom. The number of hydrogen-bond acceptors (Lipinski definition) is 4. The van der Waals surface area contributed by atoms with Crippen molar-refractivity contribution in [3.05, 3.63) is 66.2 Å². The molecule has 2 amide bonds. The molecule has 6 heteroatoms. The highest BCUT2D eigenvalue weighted by molar-refractivity contribution is 6.07. The van der Waals surface area contributed by atoms with Gasteiger partial charge in [0.15, 0.2) is 11.5 Å². The number of fused-ring (bicyclic) bond motifs is 1. The summed E-state index contributed by atoms with van der Waals surface area (Å²) in [5.41, 5.74) is 1.47. The van der Waals surface area contributed by atoms with Gasteiger partial charge < -0.3 is 19.3 Å². The zero-order valence-electron chi connectivity index (χ0n) is 18.7. The summed E-state index contributed by atoms with van der Waals surface area (Å²) in [7, 11) is 4.93. The Labute approximate surface area is 188 Å². The first-order valence-corrected chi connectivity index (χ1v) is 10.8. The van der Waals surface area contributed by atoms with Gasteiger partial charge in [-0.3, -0.25) is 9.59 Å².